The zero-order valence-electron chi connectivity index (χ0n) is 13.2. The van der Waals surface area contributed by atoms with Crippen molar-refractivity contribution in [2.24, 2.45) is 0 Å². The number of amides is 2. The highest BCUT2D eigenvalue weighted by Gasteiger charge is 2.25. The molecule has 2 rings (SSSR count). The fourth-order valence-electron chi connectivity index (χ4n) is 2.34. The molecule has 0 spiro atoms. The van der Waals surface area contributed by atoms with Crippen molar-refractivity contribution in [3.63, 3.8) is 0 Å². The van der Waals surface area contributed by atoms with Gasteiger partial charge < -0.3 is 20.7 Å². The summed E-state index contributed by atoms with van der Waals surface area (Å²) < 4.78 is 5.03. The molecule has 1 atom stereocenters. The molecule has 0 aliphatic carbocycles. The number of carbonyl (C=O) groups is 2. The molecule has 1 heterocycles. The van der Waals surface area contributed by atoms with E-state index in [1.807, 2.05) is 36.5 Å². The summed E-state index contributed by atoms with van der Waals surface area (Å²) in [6.07, 6.45) is 0. The number of rotatable bonds is 6. The normalized spacial score (nSPS) is 15.7. The van der Waals surface area contributed by atoms with Gasteiger partial charge in [-0.1, -0.05) is 23.7 Å². The lowest BCUT2D eigenvalue weighted by Gasteiger charge is -2.21. The summed E-state index contributed by atoms with van der Waals surface area (Å²) in [5.41, 5.74) is 2.12. The molecule has 1 aliphatic heterocycles. The van der Waals surface area contributed by atoms with Crippen LogP contribution in [0.3, 0.4) is 0 Å². The van der Waals surface area contributed by atoms with E-state index in [-0.39, 0.29) is 18.6 Å². The largest absolute Gasteiger partial charge is 0.463 e. The van der Waals surface area contributed by atoms with E-state index in [0.29, 0.717) is 29.4 Å². The molecular weight excluding hydrogens is 318 g/mol. The van der Waals surface area contributed by atoms with Gasteiger partial charge in [0.25, 0.3) is 0 Å². The van der Waals surface area contributed by atoms with Gasteiger partial charge >= 0.3 is 12.0 Å². The smallest absolute Gasteiger partial charge is 0.337 e. The highest BCUT2D eigenvalue weighted by Crippen LogP contribution is 2.15. The summed E-state index contributed by atoms with van der Waals surface area (Å²) >= 11 is 6.01. The van der Waals surface area contributed by atoms with Gasteiger partial charge in [0.05, 0.1) is 24.4 Å². The van der Waals surface area contributed by atoms with Crippen LogP contribution >= 0.6 is 11.6 Å². The SMILES string of the molecule is CCOC(=O)C1=C(C[NH2+][C@@H](C)c2cccc(Cl)c2)NC(=O)NC1. The van der Waals surface area contributed by atoms with Gasteiger partial charge in [-0.15, -0.1) is 0 Å². The third-order valence-electron chi connectivity index (χ3n) is 3.63. The van der Waals surface area contributed by atoms with E-state index in [2.05, 4.69) is 10.6 Å². The molecule has 0 fully saturated rings. The van der Waals surface area contributed by atoms with Gasteiger partial charge in [-0.05, 0) is 26.0 Å². The number of nitrogens with one attached hydrogen (secondary N) is 2. The van der Waals surface area contributed by atoms with Gasteiger partial charge in [-0.2, -0.15) is 0 Å². The maximum absolute atomic E-state index is 12.0. The first-order valence-corrected chi connectivity index (χ1v) is 7.91. The van der Waals surface area contributed by atoms with Gasteiger partial charge in [0, 0.05) is 10.6 Å². The lowest BCUT2D eigenvalue weighted by atomic mass is 10.1. The van der Waals surface area contributed by atoms with Crippen molar-refractivity contribution in [3.8, 4) is 0 Å². The van der Waals surface area contributed by atoms with E-state index in [0.717, 1.165) is 5.56 Å². The summed E-state index contributed by atoms with van der Waals surface area (Å²) in [5.74, 6) is -0.404. The number of quaternary nitrogens is 1. The Morgan fingerprint density at radius 2 is 2.26 bits per heavy atom. The Bertz CT molecular complexity index is 631. The lowest BCUT2D eigenvalue weighted by molar-refractivity contribution is -0.686. The maximum Gasteiger partial charge on any atom is 0.337 e. The molecule has 7 heteroatoms. The Hall–Kier alpha value is -2.05. The standard InChI is InChI=1S/C16H20ClN3O3/c1-3-23-15(21)13-8-19-16(22)20-14(13)9-18-10(2)11-5-4-6-12(17)7-11/h4-7,10,18H,3,8-9H2,1-2H3,(H2,19,20,22)/p+1/t10-/m0/s1. The second-order valence-electron chi connectivity index (χ2n) is 5.27. The zero-order valence-corrected chi connectivity index (χ0v) is 13.9. The average molecular weight is 339 g/mol. The highest BCUT2D eigenvalue weighted by atomic mass is 35.5. The first-order chi connectivity index (χ1) is 11.0. The number of carbonyl (C=O) groups excluding carboxylic acids is 2. The van der Waals surface area contributed by atoms with Crippen LogP contribution in [0.1, 0.15) is 25.5 Å². The maximum atomic E-state index is 12.0. The van der Waals surface area contributed by atoms with E-state index in [1.54, 1.807) is 6.92 Å². The number of nitrogens with two attached hydrogens (primary N) is 1. The van der Waals surface area contributed by atoms with Crippen LogP contribution in [-0.2, 0) is 9.53 Å². The van der Waals surface area contributed by atoms with Crippen LogP contribution in [0, 0.1) is 0 Å². The lowest BCUT2D eigenvalue weighted by Crippen LogP contribution is -2.86. The van der Waals surface area contributed by atoms with Crippen LogP contribution in [-0.4, -0.2) is 31.7 Å². The third-order valence-corrected chi connectivity index (χ3v) is 3.86. The van der Waals surface area contributed by atoms with Crippen LogP contribution in [0.5, 0.6) is 0 Å². The van der Waals surface area contributed by atoms with Crippen molar-refractivity contribution in [2.45, 2.75) is 19.9 Å². The van der Waals surface area contributed by atoms with Crippen LogP contribution in [0.2, 0.25) is 5.02 Å². The fraction of sp³-hybridized carbons (Fsp3) is 0.375. The molecule has 23 heavy (non-hydrogen) atoms. The first-order valence-electron chi connectivity index (χ1n) is 7.54. The predicted molar refractivity (Wildman–Crippen MR) is 86.9 cm³/mol. The number of hydrogen-bond donors (Lipinski definition) is 3. The highest BCUT2D eigenvalue weighted by molar-refractivity contribution is 6.30. The number of benzene rings is 1. The van der Waals surface area contributed by atoms with Gasteiger partial charge in [0.1, 0.15) is 12.6 Å². The Kier molecular flexibility index (Phi) is 6.01. The van der Waals surface area contributed by atoms with Crippen LogP contribution < -0.4 is 16.0 Å². The molecule has 1 aromatic rings. The van der Waals surface area contributed by atoms with E-state index in [9.17, 15) is 9.59 Å². The molecule has 0 bridgehead atoms. The predicted octanol–water partition coefficient (Wildman–Crippen LogP) is 1.09. The summed E-state index contributed by atoms with van der Waals surface area (Å²) in [6, 6.07) is 7.45. The molecule has 0 saturated carbocycles. The van der Waals surface area contributed by atoms with Crippen LogP contribution in [0.4, 0.5) is 4.79 Å². The monoisotopic (exact) mass is 338 g/mol. The number of esters is 1. The second kappa shape index (κ2) is 7.99. The number of urea groups is 1. The molecule has 1 aromatic carbocycles. The van der Waals surface area contributed by atoms with Gasteiger partial charge in [0.2, 0.25) is 0 Å². The summed E-state index contributed by atoms with van der Waals surface area (Å²) in [6.45, 7) is 4.74. The molecule has 6 nitrogen and oxygen atoms in total. The van der Waals surface area contributed by atoms with E-state index < -0.39 is 5.97 Å². The summed E-state index contributed by atoms with van der Waals surface area (Å²) in [4.78, 5) is 23.5. The fourth-order valence-corrected chi connectivity index (χ4v) is 2.54. The molecule has 1 aliphatic rings. The summed E-state index contributed by atoms with van der Waals surface area (Å²) in [5, 5.41) is 8.00. The number of halogens is 1. The van der Waals surface area contributed by atoms with Crippen molar-refractivity contribution < 1.29 is 19.6 Å². The van der Waals surface area contributed by atoms with Crippen molar-refractivity contribution in [3.05, 3.63) is 46.1 Å². The molecule has 4 N–H and O–H groups in total. The van der Waals surface area contributed by atoms with Crippen molar-refractivity contribution in [1.82, 2.24) is 10.6 Å². The van der Waals surface area contributed by atoms with Gasteiger partial charge in [-0.3, -0.25) is 0 Å². The van der Waals surface area contributed by atoms with Crippen molar-refractivity contribution >= 4 is 23.6 Å². The Balaban J connectivity index is 2.08. The zero-order chi connectivity index (χ0) is 16.8. The minimum Gasteiger partial charge on any atom is -0.463 e. The van der Waals surface area contributed by atoms with Gasteiger partial charge in [-0.25, -0.2) is 9.59 Å². The van der Waals surface area contributed by atoms with Crippen LogP contribution in [0.25, 0.3) is 0 Å². The quantitative estimate of drug-likeness (QED) is 0.679. The summed E-state index contributed by atoms with van der Waals surface area (Å²) in [7, 11) is 0. The minimum atomic E-state index is -0.404. The molecule has 0 saturated heterocycles. The number of hydrogen-bond acceptors (Lipinski definition) is 3. The number of ether oxygens (including phenoxy) is 1. The Morgan fingerprint density at radius 1 is 1.48 bits per heavy atom. The Morgan fingerprint density at radius 3 is 2.96 bits per heavy atom. The third kappa shape index (κ3) is 4.71. The van der Waals surface area contributed by atoms with Crippen molar-refractivity contribution in [2.75, 3.05) is 19.7 Å². The van der Waals surface area contributed by atoms with E-state index in [4.69, 9.17) is 16.3 Å². The van der Waals surface area contributed by atoms with Crippen LogP contribution in [0.15, 0.2) is 35.5 Å². The first kappa shape index (κ1) is 17.3. The molecule has 2 amide bonds. The molecular formula is C16H21ClN3O3+. The molecule has 0 unspecified atom stereocenters. The van der Waals surface area contributed by atoms with Crippen molar-refractivity contribution in [1.29, 1.82) is 0 Å². The molecule has 0 radical (unpaired) electrons. The topological polar surface area (TPSA) is 84.0 Å². The Labute approximate surface area is 140 Å². The second-order valence-corrected chi connectivity index (χ2v) is 5.71. The molecule has 124 valence electrons. The van der Waals surface area contributed by atoms with E-state index >= 15 is 0 Å². The van der Waals surface area contributed by atoms with Gasteiger partial charge in [0.15, 0.2) is 0 Å². The average Bonchev–Trinajstić information content (AvgIpc) is 2.52. The van der Waals surface area contributed by atoms with E-state index in [1.165, 1.54) is 0 Å². The minimum absolute atomic E-state index is 0.136. The molecule has 0 aromatic heterocycles.